The molecule has 1 N–H and O–H groups in total. The van der Waals surface area contributed by atoms with Crippen molar-refractivity contribution in [1.29, 1.82) is 0 Å². The number of nitrogens with zero attached hydrogens (tertiary/aromatic N) is 5. The minimum atomic E-state index is 0.825. The Kier molecular flexibility index (Phi) is 3.78. The maximum Gasteiger partial charge on any atom is 0.168 e. The fraction of sp³-hybridized carbons (Fsp3) is 0.353. The molecule has 1 saturated heterocycles. The third-order valence-electron chi connectivity index (χ3n) is 4.58. The molecule has 0 radical (unpaired) electrons. The highest BCUT2D eigenvalue weighted by atomic mass is 16.5. The molecule has 24 heavy (non-hydrogen) atoms. The lowest BCUT2D eigenvalue weighted by Crippen LogP contribution is -3.12. The lowest BCUT2D eigenvalue weighted by Gasteiger charge is -2.30. The molecule has 0 amide bonds. The van der Waals surface area contributed by atoms with Crippen LogP contribution >= 0.6 is 0 Å². The average Bonchev–Trinajstić information content (AvgIpc) is 3.07. The minimum absolute atomic E-state index is 0.825. The van der Waals surface area contributed by atoms with E-state index in [9.17, 15) is 0 Å². The number of hydrogen-bond donors (Lipinski definition) is 1. The molecule has 2 aromatic heterocycles. The maximum absolute atomic E-state index is 5.22. The first-order chi connectivity index (χ1) is 11.8. The standard InChI is InChI=1S/C17H20N6O/c1-21-7-9-22(10-8-21)16-15-11-20-23(17(15)19-12-18-16)13-3-5-14(24-2)6-4-13/h3-6,11-12H,7-10H2,1-2H3/p+1. The number of quaternary nitrogens is 1. The van der Waals surface area contributed by atoms with Crippen molar-refractivity contribution >= 4 is 16.9 Å². The predicted octanol–water partition coefficient (Wildman–Crippen LogP) is 0.159. The highest BCUT2D eigenvalue weighted by Gasteiger charge is 2.21. The second kappa shape index (κ2) is 6.09. The van der Waals surface area contributed by atoms with Gasteiger partial charge < -0.3 is 14.5 Å². The molecule has 1 aromatic carbocycles. The molecule has 1 fully saturated rings. The zero-order valence-corrected chi connectivity index (χ0v) is 13.9. The van der Waals surface area contributed by atoms with Gasteiger partial charge in [-0.2, -0.15) is 5.10 Å². The molecule has 1 aliphatic heterocycles. The first kappa shape index (κ1) is 14.9. The molecule has 0 spiro atoms. The zero-order valence-electron chi connectivity index (χ0n) is 13.9. The average molecular weight is 325 g/mol. The first-order valence-electron chi connectivity index (χ1n) is 8.15. The number of anilines is 1. The fourth-order valence-corrected chi connectivity index (χ4v) is 3.10. The number of likely N-dealkylation sites (N-methyl/N-ethyl adjacent to an activating group) is 1. The summed E-state index contributed by atoms with van der Waals surface area (Å²) in [7, 11) is 3.89. The van der Waals surface area contributed by atoms with E-state index in [2.05, 4.69) is 27.0 Å². The van der Waals surface area contributed by atoms with Crippen molar-refractivity contribution in [2.45, 2.75) is 0 Å². The summed E-state index contributed by atoms with van der Waals surface area (Å²) in [6.45, 7) is 4.26. The molecule has 3 aromatic rings. The quantitative estimate of drug-likeness (QED) is 0.743. The van der Waals surface area contributed by atoms with Crippen molar-refractivity contribution in [3.05, 3.63) is 36.8 Å². The summed E-state index contributed by atoms with van der Waals surface area (Å²) < 4.78 is 7.07. The summed E-state index contributed by atoms with van der Waals surface area (Å²) in [5, 5.41) is 5.53. The Bertz CT molecular complexity index is 836. The van der Waals surface area contributed by atoms with Gasteiger partial charge in [-0.25, -0.2) is 14.6 Å². The molecule has 3 heterocycles. The monoisotopic (exact) mass is 325 g/mol. The predicted molar refractivity (Wildman–Crippen MR) is 92.0 cm³/mol. The smallest absolute Gasteiger partial charge is 0.168 e. The summed E-state index contributed by atoms with van der Waals surface area (Å²) in [5.74, 6) is 1.80. The fourth-order valence-electron chi connectivity index (χ4n) is 3.10. The van der Waals surface area contributed by atoms with E-state index in [1.807, 2.05) is 35.1 Å². The number of nitrogens with one attached hydrogen (secondary N) is 1. The number of fused-ring (bicyclic) bond motifs is 1. The van der Waals surface area contributed by atoms with Crippen LogP contribution in [0.1, 0.15) is 0 Å². The maximum atomic E-state index is 5.22. The van der Waals surface area contributed by atoms with Crippen LogP contribution < -0.4 is 14.5 Å². The number of benzene rings is 1. The van der Waals surface area contributed by atoms with Crippen molar-refractivity contribution < 1.29 is 9.64 Å². The number of rotatable bonds is 3. The first-order valence-corrected chi connectivity index (χ1v) is 8.15. The molecule has 0 bridgehead atoms. The van der Waals surface area contributed by atoms with Gasteiger partial charge in [0.05, 0.1) is 57.6 Å². The summed E-state index contributed by atoms with van der Waals surface area (Å²) in [5.41, 5.74) is 1.79. The van der Waals surface area contributed by atoms with Gasteiger partial charge in [-0.05, 0) is 24.3 Å². The van der Waals surface area contributed by atoms with E-state index in [1.165, 1.54) is 0 Å². The molecular formula is C17H21N6O+. The Morgan fingerprint density at radius 2 is 1.83 bits per heavy atom. The molecule has 0 saturated carbocycles. The van der Waals surface area contributed by atoms with Crippen LogP contribution in [0.4, 0.5) is 5.82 Å². The molecule has 7 heteroatoms. The van der Waals surface area contributed by atoms with Crippen LogP contribution in [-0.2, 0) is 0 Å². The van der Waals surface area contributed by atoms with E-state index >= 15 is 0 Å². The van der Waals surface area contributed by atoms with E-state index < -0.39 is 0 Å². The molecular weight excluding hydrogens is 304 g/mol. The Labute approximate surface area is 140 Å². The largest absolute Gasteiger partial charge is 0.497 e. The van der Waals surface area contributed by atoms with Gasteiger partial charge in [-0.15, -0.1) is 0 Å². The summed E-state index contributed by atoms with van der Waals surface area (Å²) >= 11 is 0. The van der Waals surface area contributed by atoms with Crippen molar-refractivity contribution in [2.24, 2.45) is 0 Å². The van der Waals surface area contributed by atoms with Crippen LogP contribution in [0.3, 0.4) is 0 Å². The van der Waals surface area contributed by atoms with Crippen LogP contribution in [0.5, 0.6) is 5.75 Å². The SMILES string of the molecule is COc1ccc(-n2ncc3c(N4CC[NH+](C)CC4)ncnc32)cc1. The molecule has 7 nitrogen and oxygen atoms in total. The van der Waals surface area contributed by atoms with Gasteiger partial charge in [0, 0.05) is 0 Å². The number of hydrogen-bond acceptors (Lipinski definition) is 5. The third kappa shape index (κ3) is 2.56. The van der Waals surface area contributed by atoms with Crippen molar-refractivity contribution in [2.75, 3.05) is 45.2 Å². The van der Waals surface area contributed by atoms with Crippen molar-refractivity contribution in [1.82, 2.24) is 19.7 Å². The third-order valence-corrected chi connectivity index (χ3v) is 4.58. The lowest BCUT2D eigenvalue weighted by molar-refractivity contribution is -0.880. The van der Waals surface area contributed by atoms with Crippen molar-refractivity contribution in [3.63, 3.8) is 0 Å². The van der Waals surface area contributed by atoms with Gasteiger partial charge in [0.15, 0.2) is 5.65 Å². The second-order valence-corrected chi connectivity index (χ2v) is 6.13. The van der Waals surface area contributed by atoms with E-state index in [0.29, 0.717) is 0 Å². The van der Waals surface area contributed by atoms with Gasteiger partial charge in [-0.1, -0.05) is 0 Å². The molecule has 0 unspecified atom stereocenters. The Morgan fingerprint density at radius 1 is 1.08 bits per heavy atom. The summed E-state index contributed by atoms with van der Waals surface area (Å²) in [6.07, 6.45) is 3.49. The highest BCUT2D eigenvalue weighted by Crippen LogP contribution is 2.25. The molecule has 0 aliphatic carbocycles. The van der Waals surface area contributed by atoms with Crippen LogP contribution in [0.2, 0.25) is 0 Å². The second-order valence-electron chi connectivity index (χ2n) is 6.13. The summed E-state index contributed by atoms with van der Waals surface area (Å²) in [4.78, 5) is 12.9. The zero-order chi connectivity index (χ0) is 16.5. The number of aromatic nitrogens is 4. The van der Waals surface area contributed by atoms with Crippen molar-refractivity contribution in [3.8, 4) is 11.4 Å². The van der Waals surface area contributed by atoms with E-state index in [1.54, 1.807) is 18.3 Å². The van der Waals surface area contributed by atoms with Crippen LogP contribution in [-0.4, -0.2) is 60.1 Å². The Hall–Kier alpha value is -2.67. The van der Waals surface area contributed by atoms with E-state index in [4.69, 9.17) is 4.74 Å². The molecule has 1 aliphatic rings. The molecule has 4 rings (SSSR count). The van der Waals surface area contributed by atoms with Gasteiger partial charge >= 0.3 is 0 Å². The van der Waals surface area contributed by atoms with E-state index in [0.717, 1.165) is 54.5 Å². The highest BCUT2D eigenvalue weighted by molar-refractivity contribution is 5.87. The lowest BCUT2D eigenvalue weighted by atomic mass is 10.3. The number of piperazine rings is 1. The Balaban J connectivity index is 1.73. The van der Waals surface area contributed by atoms with Gasteiger partial charge in [0.1, 0.15) is 17.9 Å². The van der Waals surface area contributed by atoms with Crippen LogP contribution in [0.15, 0.2) is 36.8 Å². The van der Waals surface area contributed by atoms with E-state index in [-0.39, 0.29) is 0 Å². The normalized spacial score (nSPS) is 15.8. The van der Waals surface area contributed by atoms with Gasteiger partial charge in [-0.3, -0.25) is 0 Å². The minimum Gasteiger partial charge on any atom is -0.497 e. The summed E-state index contributed by atoms with van der Waals surface area (Å²) in [6, 6.07) is 7.81. The topological polar surface area (TPSA) is 60.5 Å². The molecule has 0 atom stereocenters. The molecule has 124 valence electrons. The Morgan fingerprint density at radius 3 is 2.54 bits per heavy atom. The van der Waals surface area contributed by atoms with Gasteiger partial charge in [0.25, 0.3) is 0 Å². The van der Waals surface area contributed by atoms with Crippen LogP contribution in [0.25, 0.3) is 16.7 Å². The number of methoxy groups -OCH3 is 1. The van der Waals surface area contributed by atoms with Crippen LogP contribution in [0, 0.1) is 0 Å². The van der Waals surface area contributed by atoms with Gasteiger partial charge in [0.2, 0.25) is 0 Å². The number of ether oxygens (including phenoxy) is 1.